The Kier molecular flexibility index (Phi) is 7.67. The van der Waals surface area contributed by atoms with Gasteiger partial charge in [-0.2, -0.15) is 0 Å². The Balaban J connectivity index is 2.25. The molecule has 0 aromatic rings. The fourth-order valence-corrected chi connectivity index (χ4v) is 2.46. The maximum atomic E-state index is 11.9. The number of hydrogen-bond acceptors (Lipinski definition) is 4. The molecular weight excluding hydrogens is 270 g/mol. The third kappa shape index (κ3) is 6.44. The van der Waals surface area contributed by atoms with E-state index in [0.717, 1.165) is 45.6 Å². The Labute approximate surface area is 127 Å². The lowest BCUT2D eigenvalue weighted by molar-refractivity contribution is -0.143. The second kappa shape index (κ2) is 9.00. The number of rotatable bonds is 8. The predicted molar refractivity (Wildman–Crippen MR) is 82.2 cm³/mol. The van der Waals surface area contributed by atoms with Crippen LogP contribution in [0.4, 0.5) is 0 Å². The molecule has 0 spiro atoms. The number of carboxylic acids is 1. The molecule has 1 aliphatic rings. The molecule has 0 aromatic heterocycles. The Hall–Kier alpha value is -1.14. The molecule has 0 aromatic carbocycles. The summed E-state index contributed by atoms with van der Waals surface area (Å²) in [5, 5.41) is 11.8. The normalized spacial score (nSPS) is 20.0. The van der Waals surface area contributed by atoms with Gasteiger partial charge >= 0.3 is 5.97 Å². The van der Waals surface area contributed by atoms with Crippen molar-refractivity contribution in [2.45, 2.75) is 39.2 Å². The quantitative estimate of drug-likeness (QED) is 0.688. The SMILES string of the molecule is CCC(C)C(NC(=O)CCCN1CCN(C)CC1)C(=O)O. The molecule has 1 rings (SSSR count). The molecule has 6 heteroatoms. The number of carbonyl (C=O) groups is 2. The van der Waals surface area contributed by atoms with Gasteiger partial charge in [-0.1, -0.05) is 20.3 Å². The first-order chi connectivity index (χ1) is 9.93. The van der Waals surface area contributed by atoms with Crippen molar-refractivity contribution in [3.05, 3.63) is 0 Å². The summed E-state index contributed by atoms with van der Waals surface area (Å²) >= 11 is 0. The molecule has 1 fully saturated rings. The van der Waals surface area contributed by atoms with Crippen molar-refractivity contribution in [3.63, 3.8) is 0 Å². The summed E-state index contributed by atoms with van der Waals surface area (Å²) in [7, 11) is 2.12. The van der Waals surface area contributed by atoms with Crippen molar-refractivity contribution in [3.8, 4) is 0 Å². The van der Waals surface area contributed by atoms with Crippen molar-refractivity contribution >= 4 is 11.9 Å². The molecule has 0 saturated carbocycles. The molecule has 122 valence electrons. The first-order valence-electron chi connectivity index (χ1n) is 7.87. The van der Waals surface area contributed by atoms with Gasteiger partial charge in [0.2, 0.25) is 5.91 Å². The summed E-state index contributed by atoms with van der Waals surface area (Å²) in [4.78, 5) is 27.7. The van der Waals surface area contributed by atoms with Crippen LogP contribution >= 0.6 is 0 Å². The van der Waals surface area contributed by atoms with Crippen molar-refractivity contribution in [2.24, 2.45) is 5.92 Å². The van der Waals surface area contributed by atoms with Crippen LogP contribution in [-0.4, -0.2) is 72.6 Å². The van der Waals surface area contributed by atoms with Crippen molar-refractivity contribution in [2.75, 3.05) is 39.8 Å². The molecule has 1 heterocycles. The highest BCUT2D eigenvalue weighted by Gasteiger charge is 2.25. The zero-order valence-electron chi connectivity index (χ0n) is 13.5. The molecular formula is C15H29N3O3. The topological polar surface area (TPSA) is 72.9 Å². The lowest BCUT2D eigenvalue weighted by atomic mass is 9.99. The lowest BCUT2D eigenvalue weighted by Crippen LogP contribution is -2.46. The Morgan fingerprint density at radius 2 is 1.86 bits per heavy atom. The molecule has 1 saturated heterocycles. The summed E-state index contributed by atoms with van der Waals surface area (Å²) in [5.74, 6) is -1.15. The Bertz CT molecular complexity index is 341. The molecule has 2 unspecified atom stereocenters. The van der Waals surface area contributed by atoms with Gasteiger partial charge in [-0.3, -0.25) is 4.79 Å². The second-order valence-corrected chi connectivity index (χ2v) is 6.02. The number of likely N-dealkylation sites (N-methyl/N-ethyl adjacent to an activating group) is 1. The predicted octanol–water partition coefficient (Wildman–Crippen LogP) is 0.630. The molecule has 0 bridgehead atoms. The van der Waals surface area contributed by atoms with Crippen LogP contribution in [0.15, 0.2) is 0 Å². The van der Waals surface area contributed by atoms with Crippen LogP contribution in [0.3, 0.4) is 0 Å². The fraction of sp³-hybridized carbons (Fsp3) is 0.867. The molecule has 1 aliphatic heterocycles. The summed E-state index contributed by atoms with van der Waals surface area (Å²) < 4.78 is 0. The number of amides is 1. The third-order valence-electron chi connectivity index (χ3n) is 4.27. The highest BCUT2D eigenvalue weighted by Crippen LogP contribution is 2.08. The van der Waals surface area contributed by atoms with Gasteiger partial charge in [0.1, 0.15) is 6.04 Å². The summed E-state index contributed by atoms with van der Waals surface area (Å²) in [6, 6.07) is -0.772. The maximum absolute atomic E-state index is 11.9. The van der Waals surface area contributed by atoms with Crippen LogP contribution in [0.5, 0.6) is 0 Å². The van der Waals surface area contributed by atoms with E-state index < -0.39 is 12.0 Å². The Morgan fingerprint density at radius 1 is 1.24 bits per heavy atom. The van der Waals surface area contributed by atoms with Crippen LogP contribution in [0.1, 0.15) is 33.1 Å². The monoisotopic (exact) mass is 299 g/mol. The standard InChI is InChI=1S/C15H29N3O3/c1-4-12(2)14(15(20)21)16-13(19)6-5-7-18-10-8-17(3)9-11-18/h12,14H,4-11H2,1-3H3,(H,16,19)(H,20,21). The lowest BCUT2D eigenvalue weighted by Gasteiger charge is -2.32. The number of carboxylic acid groups (broad SMARTS) is 1. The highest BCUT2D eigenvalue weighted by molar-refractivity contribution is 5.83. The number of nitrogens with zero attached hydrogens (tertiary/aromatic N) is 2. The second-order valence-electron chi connectivity index (χ2n) is 6.02. The van der Waals surface area contributed by atoms with E-state index in [0.29, 0.717) is 6.42 Å². The van der Waals surface area contributed by atoms with Gasteiger partial charge in [0, 0.05) is 32.6 Å². The molecule has 0 aliphatic carbocycles. The van der Waals surface area contributed by atoms with Crippen molar-refractivity contribution in [1.29, 1.82) is 0 Å². The van der Waals surface area contributed by atoms with E-state index in [9.17, 15) is 9.59 Å². The van der Waals surface area contributed by atoms with Gasteiger partial charge in [0.05, 0.1) is 0 Å². The zero-order valence-corrected chi connectivity index (χ0v) is 13.5. The van der Waals surface area contributed by atoms with E-state index in [2.05, 4.69) is 22.2 Å². The van der Waals surface area contributed by atoms with Gasteiger partial charge < -0.3 is 20.2 Å². The highest BCUT2D eigenvalue weighted by atomic mass is 16.4. The third-order valence-corrected chi connectivity index (χ3v) is 4.27. The van der Waals surface area contributed by atoms with Crippen LogP contribution in [0.2, 0.25) is 0 Å². The smallest absolute Gasteiger partial charge is 0.326 e. The molecule has 21 heavy (non-hydrogen) atoms. The van der Waals surface area contributed by atoms with Crippen LogP contribution in [0, 0.1) is 5.92 Å². The number of hydrogen-bond donors (Lipinski definition) is 2. The van der Waals surface area contributed by atoms with Crippen molar-refractivity contribution < 1.29 is 14.7 Å². The van der Waals surface area contributed by atoms with E-state index in [-0.39, 0.29) is 11.8 Å². The van der Waals surface area contributed by atoms with Crippen LogP contribution < -0.4 is 5.32 Å². The number of aliphatic carboxylic acids is 1. The van der Waals surface area contributed by atoms with E-state index in [1.165, 1.54) is 0 Å². The minimum Gasteiger partial charge on any atom is -0.480 e. The van der Waals surface area contributed by atoms with Gasteiger partial charge in [0.15, 0.2) is 0 Å². The van der Waals surface area contributed by atoms with Crippen LogP contribution in [-0.2, 0) is 9.59 Å². The first kappa shape index (κ1) is 17.9. The number of piperazine rings is 1. The first-order valence-corrected chi connectivity index (χ1v) is 7.87. The number of nitrogens with one attached hydrogen (secondary N) is 1. The molecule has 0 radical (unpaired) electrons. The van der Waals surface area contributed by atoms with E-state index in [1.807, 2.05) is 13.8 Å². The minimum absolute atomic E-state index is 0.0518. The van der Waals surface area contributed by atoms with Gasteiger partial charge in [-0.25, -0.2) is 4.79 Å². The van der Waals surface area contributed by atoms with E-state index in [4.69, 9.17) is 5.11 Å². The molecule has 2 N–H and O–H groups in total. The molecule has 6 nitrogen and oxygen atoms in total. The van der Waals surface area contributed by atoms with Crippen LogP contribution in [0.25, 0.3) is 0 Å². The van der Waals surface area contributed by atoms with Gasteiger partial charge in [-0.05, 0) is 25.9 Å². The zero-order chi connectivity index (χ0) is 15.8. The van der Waals surface area contributed by atoms with E-state index >= 15 is 0 Å². The number of carbonyl (C=O) groups excluding carboxylic acids is 1. The minimum atomic E-state index is -0.947. The van der Waals surface area contributed by atoms with Gasteiger partial charge in [-0.15, -0.1) is 0 Å². The molecule has 2 atom stereocenters. The maximum Gasteiger partial charge on any atom is 0.326 e. The van der Waals surface area contributed by atoms with Gasteiger partial charge in [0.25, 0.3) is 0 Å². The fourth-order valence-electron chi connectivity index (χ4n) is 2.46. The molecule has 1 amide bonds. The summed E-state index contributed by atoms with van der Waals surface area (Å²) in [6.45, 7) is 8.92. The van der Waals surface area contributed by atoms with Crippen molar-refractivity contribution in [1.82, 2.24) is 15.1 Å². The average molecular weight is 299 g/mol. The largest absolute Gasteiger partial charge is 0.480 e. The average Bonchev–Trinajstić information content (AvgIpc) is 2.45. The van der Waals surface area contributed by atoms with E-state index in [1.54, 1.807) is 0 Å². The Morgan fingerprint density at radius 3 is 2.38 bits per heavy atom. The summed E-state index contributed by atoms with van der Waals surface area (Å²) in [5.41, 5.74) is 0. The summed E-state index contributed by atoms with van der Waals surface area (Å²) in [6.07, 6.45) is 1.91.